The molecule has 0 bridgehead atoms. The zero-order valence-corrected chi connectivity index (χ0v) is 33.1. The Labute approximate surface area is 339 Å². The minimum atomic E-state index is -0.321. The van der Waals surface area contributed by atoms with Gasteiger partial charge in [0.2, 0.25) is 11.8 Å². The molecule has 2 saturated heterocycles. The van der Waals surface area contributed by atoms with Crippen LogP contribution in [-0.4, -0.2) is 85.1 Å². The number of carbonyl (C=O) groups excluding carboxylic acids is 3. The molecule has 58 heavy (non-hydrogen) atoms. The van der Waals surface area contributed by atoms with E-state index in [1.54, 1.807) is 24.3 Å². The van der Waals surface area contributed by atoms with E-state index >= 15 is 0 Å². The highest BCUT2D eigenvalue weighted by molar-refractivity contribution is 5.96. The number of aromatic amines is 2. The molecule has 0 saturated carbocycles. The summed E-state index contributed by atoms with van der Waals surface area (Å²) in [6, 6.07) is 35.3. The van der Waals surface area contributed by atoms with Crippen LogP contribution in [0.2, 0.25) is 0 Å². The summed E-state index contributed by atoms with van der Waals surface area (Å²) in [7, 11) is 0. The molecule has 0 aliphatic carbocycles. The lowest BCUT2D eigenvalue weighted by Gasteiger charge is -2.34. The number of hydrogen-bond donors (Lipinski definition) is 3. The molecule has 2 fully saturated rings. The van der Waals surface area contributed by atoms with Crippen molar-refractivity contribution >= 4 is 17.7 Å². The normalized spacial score (nSPS) is 17.2. The zero-order valence-electron chi connectivity index (χ0n) is 33.1. The van der Waals surface area contributed by atoms with E-state index in [0.717, 1.165) is 96.2 Å². The standard InChI is InChI=1S/C47H50N8O3/c1-3-53(4-2)43(36-13-7-5-8-14-36)47(58)55-28-12-18-41(55)45-49-30-39(52-45)35-25-21-33(22-26-35)32-19-23-34(24-20-32)38-29-48-44(51-38)40-17-11-27-54(40)42(56)31-50-46(57)37-15-9-6-10-16-37/h5-10,13-16,19-26,29-30,40-41,43H,3-4,11-12,17-18,27-28,31H2,1-2H3,(H,48,51)(H,49,52)(H,50,57)/t40-,41-,43+/m0/s1. The van der Waals surface area contributed by atoms with E-state index in [9.17, 15) is 14.4 Å². The molecular formula is C47H50N8O3. The number of imidazole rings is 2. The van der Waals surface area contributed by atoms with E-state index in [1.807, 2.05) is 46.5 Å². The second kappa shape index (κ2) is 17.4. The predicted molar refractivity (Wildman–Crippen MR) is 225 cm³/mol. The molecule has 0 unspecified atom stereocenters. The van der Waals surface area contributed by atoms with Crippen molar-refractivity contribution in [2.24, 2.45) is 0 Å². The number of amides is 3. The number of hydrogen-bond acceptors (Lipinski definition) is 6. The first-order valence-electron chi connectivity index (χ1n) is 20.4. The van der Waals surface area contributed by atoms with Crippen molar-refractivity contribution in [3.63, 3.8) is 0 Å². The molecule has 2 aliphatic rings. The molecule has 11 nitrogen and oxygen atoms in total. The lowest BCUT2D eigenvalue weighted by atomic mass is 10.0. The van der Waals surface area contributed by atoms with Gasteiger partial charge >= 0.3 is 0 Å². The number of nitrogens with zero attached hydrogens (tertiary/aromatic N) is 5. The highest BCUT2D eigenvalue weighted by Gasteiger charge is 2.38. The van der Waals surface area contributed by atoms with Crippen LogP contribution in [0, 0.1) is 0 Å². The Morgan fingerprint density at radius 1 is 0.672 bits per heavy atom. The van der Waals surface area contributed by atoms with Gasteiger partial charge < -0.3 is 25.1 Å². The summed E-state index contributed by atoms with van der Waals surface area (Å²) in [6.07, 6.45) is 7.21. The van der Waals surface area contributed by atoms with Gasteiger partial charge in [-0.05, 0) is 78.7 Å². The van der Waals surface area contributed by atoms with Crippen molar-refractivity contribution in [3.8, 4) is 33.6 Å². The van der Waals surface area contributed by atoms with Crippen LogP contribution in [0.15, 0.2) is 122 Å². The van der Waals surface area contributed by atoms with E-state index in [-0.39, 0.29) is 42.4 Å². The van der Waals surface area contributed by atoms with Crippen LogP contribution in [0.3, 0.4) is 0 Å². The lowest BCUT2D eigenvalue weighted by Crippen LogP contribution is -2.43. The molecule has 2 aromatic heterocycles. The van der Waals surface area contributed by atoms with Gasteiger partial charge in [0.25, 0.3) is 5.91 Å². The fourth-order valence-electron chi connectivity index (χ4n) is 8.49. The van der Waals surface area contributed by atoms with Crippen LogP contribution >= 0.6 is 0 Å². The number of carbonyl (C=O) groups is 3. The number of likely N-dealkylation sites (tertiary alicyclic amines) is 2. The quantitative estimate of drug-likeness (QED) is 0.109. The summed E-state index contributed by atoms with van der Waals surface area (Å²) >= 11 is 0. The summed E-state index contributed by atoms with van der Waals surface area (Å²) in [6.45, 7) is 7.10. The lowest BCUT2D eigenvalue weighted by molar-refractivity contribution is -0.138. The third kappa shape index (κ3) is 8.08. The predicted octanol–water partition coefficient (Wildman–Crippen LogP) is 7.97. The average molecular weight is 775 g/mol. The maximum atomic E-state index is 14.2. The second-order valence-corrected chi connectivity index (χ2v) is 15.0. The van der Waals surface area contributed by atoms with E-state index in [4.69, 9.17) is 4.98 Å². The van der Waals surface area contributed by atoms with Gasteiger partial charge in [-0.25, -0.2) is 9.97 Å². The van der Waals surface area contributed by atoms with E-state index in [1.165, 1.54) is 0 Å². The maximum Gasteiger partial charge on any atom is 0.251 e. The zero-order chi connectivity index (χ0) is 40.0. The highest BCUT2D eigenvalue weighted by atomic mass is 16.2. The molecule has 6 aromatic rings. The van der Waals surface area contributed by atoms with Crippen LogP contribution in [-0.2, 0) is 9.59 Å². The average Bonchev–Trinajstić information content (AvgIpc) is 4.12. The molecule has 4 aromatic carbocycles. The monoisotopic (exact) mass is 774 g/mol. The molecule has 296 valence electrons. The van der Waals surface area contributed by atoms with E-state index in [0.29, 0.717) is 12.1 Å². The van der Waals surface area contributed by atoms with E-state index in [2.05, 4.69) is 99.7 Å². The van der Waals surface area contributed by atoms with Gasteiger partial charge in [-0.2, -0.15) is 0 Å². The largest absolute Gasteiger partial charge is 0.343 e. The summed E-state index contributed by atoms with van der Waals surface area (Å²) in [5.74, 6) is 1.33. The Kier molecular flexibility index (Phi) is 11.6. The van der Waals surface area contributed by atoms with Crippen LogP contribution in [0.25, 0.3) is 33.6 Å². The number of rotatable bonds is 13. The Morgan fingerprint density at radius 2 is 1.16 bits per heavy atom. The van der Waals surface area contributed by atoms with Crippen molar-refractivity contribution < 1.29 is 14.4 Å². The van der Waals surface area contributed by atoms with Crippen LogP contribution in [0.4, 0.5) is 0 Å². The molecule has 4 heterocycles. The fraction of sp³-hybridized carbons (Fsp3) is 0.298. The Hall–Kier alpha value is -6.33. The van der Waals surface area contributed by atoms with Crippen molar-refractivity contribution in [2.75, 3.05) is 32.7 Å². The SMILES string of the molecule is CCN(CC)[C@@H](C(=O)N1CCC[C@H]1c1ncc(-c2ccc(-c3ccc(-c4cnc([C@@H]5CCCN5C(=O)CNC(=O)c5ccccc5)[nH]4)cc3)cc2)[nH]1)c1ccccc1. The maximum absolute atomic E-state index is 14.2. The number of aromatic nitrogens is 4. The minimum absolute atomic E-state index is 0.0577. The Balaban J connectivity index is 0.902. The minimum Gasteiger partial charge on any atom is -0.343 e. The number of likely N-dealkylation sites (N-methyl/N-ethyl adjacent to an activating group) is 1. The molecule has 8 rings (SSSR count). The smallest absolute Gasteiger partial charge is 0.251 e. The summed E-state index contributed by atoms with van der Waals surface area (Å²) < 4.78 is 0. The first kappa shape index (κ1) is 38.5. The van der Waals surface area contributed by atoms with Gasteiger partial charge in [-0.1, -0.05) is 111 Å². The molecular weight excluding hydrogens is 725 g/mol. The third-order valence-corrected chi connectivity index (χ3v) is 11.6. The third-order valence-electron chi connectivity index (χ3n) is 11.6. The molecule has 2 aliphatic heterocycles. The summed E-state index contributed by atoms with van der Waals surface area (Å²) in [4.78, 5) is 62.4. The Morgan fingerprint density at radius 3 is 1.69 bits per heavy atom. The fourth-order valence-corrected chi connectivity index (χ4v) is 8.49. The number of benzene rings is 4. The van der Waals surface area contributed by atoms with Gasteiger partial charge in [-0.15, -0.1) is 0 Å². The molecule has 0 spiro atoms. The van der Waals surface area contributed by atoms with Crippen molar-refractivity contribution in [1.29, 1.82) is 0 Å². The van der Waals surface area contributed by atoms with Gasteiger partial charge in [-0.3, -0.25) is 19.3 Å². The molecule has 3 amide bonds. The topological polar surface area (TPSA) is 130 Å². The van der Waals surface area contributed by atoms with Crippen LogP contribution in [0.1, 0.15) is 85.2 Å². The van der Waals surface area contributed by atoms with Crippen LogP contribution < -0.4 is 5.32 Å². The van der Waals surface area contributed by atoms with Crippen molar-refractivity contribution in [1.82, 2.24) is 40.0 Å². The molecule has 11 heteroatoms. The van der Waals surface area contributed by atoms with Gasteiger partial charge in [0.15, 0.2) is 0 Å². The highest BCUT2D eigenvalue weighted by Crippen LogP contribution is 2.36. The molecule has 0 radical (unpaired) electrons. The number of nitrogens with one attached hydrogen (secondary N) is 3. The van der Waals surface area contributed by atoms with Crippen molar-refractivity contribution in [2.45, 2.75) is 57.7 Å². The van der Waals surface area contributed by atoms with Gasteiger partial charge in [0.1, 0.15) is 17.7 Å². The molecule has 3 atom stereocenters. The van der Waals surface area contributed by atoms with Crippen molar-refractivity contribution in [3.05, 3.63) is 144 Å². The first-order chi connectivity index (χ1) is 28.4. The second-order valence-electron chi connectivity index (χ2n) is 15.0. The van der Waals surface area contributed by atoms with Crippen LogP contribution in [0.5, 0.6) is 0 Å². The van der Waals surface area contributed by atoms with Gasteiger partial charge in [0, 0.05) is 18.7 Å². The summed E-state index contributed by atoms with van der Waals surface area (Å²) in [5.41, 5.74) is 7.58. The molecule has 3 N–H and O–H groups in total. The first-order valence-corrected chi connectivity index (χ1v) is 20.4. The van der Waals surface area contributed by atoms with E-state index < -0.39 is 0 Å². The Bertz CT molecular complexity index is 2320. The van der Waals surface area contributed by atoms with Gasteiger partial charge in [0.05, 0.1) is 42.4 Å². The summed E-state index contributed by atoms with van der Waals surface area (Å²) in [5, 5.41) is 2.76. The number of H-pyrrole nitrogens is 2.